The van der Waals surface area contributed by atoms with Crippen LogP contribution in [0.2, 0.25) is 0 Å². The maximum Gasteiger partial charge on any atom is 0.139 e. The third-order valence-electron chi connectivity index (χ3n) is 5.02. The van der Waals surface area contributed by atoms with Gasteiger partial charge in [0.05, 0.1) is 12.6 Å². The smallest absolute Gasteiger partial charge is 0.139 e. The summed E-state index contributed by atoms with van der Waals surface area (Å²) in [6.45, 7) is 17.1. The number of hydrogen-bond donors (Lipinski definition) is 0. The Morgan fingerprint density at radius 2 is 1.86 bits per heavy atom. The summed E-state index contributed by atoms with van der Waals surface area (Å²) >= 11 is 0. The van der Waals surface area contributed by atoms with Crippen molar-refractivity contribution in [2.45, 2.75) is 66.5 Å². The second-order valence-corrected chi connectivity index (χ2v) is 5.68. The predicted molar refractivity (Wildman–Crippen MR) is 63.3 cm³/mol. The average Bonchev–Trinajstić information content (AvgIpc) is 2.91. The lowest BCUT2D eigenvalue weighted by molar-refractivity contribution is -0.845. The maximum atomic E-state index is 2.46. The first-order chi connectivity index (χ1) is 6.44. The first-order valence-electron chi connectivity index (χ1n) is 6.31. The number of quaternary nitrogens is 1. The zero-order valence-electron chi connectivity index (χ0n) is 10.9. The number of nitrogens with zero attached hydrogens (tertiary/aromatic N) is 1. The summed E-state index contributed by atoms with van der Waals surface area (Å²) in [5, 5.41) is 0. The second-order valence-electron chi connectivity index (χ2n) is 5.68. The SMILES string of the molecule is CCC1C[N+]1(CC)C(C)C(C)(C)CC. The van der Waals surface area contributed by atoms with E-state index in [-0.39, 0.29) is 0 Å². The minimum Gasteiger partial charge on any atom is -0.309 e. The molecule has 1 aliphatic rings. The van der Waals surface area contributed by atoms with E-state index in [9.17, 15) is 0 Å². The van der Waals surface area contributed by atoms with Crippen molar-refractivity contribution in [1.82, 2.24) is 0 Å². The number of hydrogen-bond acceptors (Lipinski definition) is 0. The molecule has 0 spiro atoms. The highest BCUT2D eigenvalue weighted by molar-refractivity contribution is 4.84. The zero-order valence-corrected chi connectivity index (χ0v) is 10.9. The lowest BCUT2D eigenvalue weighted by atomic mass is 9.81. The summed E-state index contributed by atoms with van der Waals surface area (Å²) in [6, 6.07) is 1.78. The standard InChI is InChI=1S/C13H28N/c1-7-12-10-14(12,9-3)11(4)13(5,6)8-2/h11-12H,7-10H2,1-6H3/q+1. The van der Waals surface area contributed by atoms with Gasteiger partial charge in [-0.05, 0) is 20.3 Å². The molecule has 0 aliphatic carbocycles. The molecule has 1 heteroatoms. The summed E-state index contributed by atoms with van der Waals surface area (Å²) in [5.74, 6) is 0. The Bertz CT molecular complexity index is 197. The summed E-state index contributed by atoms with van der Waals surface area (Å²) in [7, 11) is 0. The molecule has 1 fully saturated rings. The van der Waals surface area contributed by atoms with Gasteiger partial charge in [0, 0.05) is 11.8 Å². The summed E-state index contributed by atoms with van der Waals surface area (Å²) in [5.41, 5.74) is 0.500. The van der Waals surface area contributed by atoms with Crippen molar-refractivity contribution in [2.24, 2.45) is 5.41 Å². The molecular formula is C13H28N+. The molecule has 14 heavy (non-hydrogen) atoms. The Labute approximate surface area is 90.1 Å². The molecule has 3 unspecified atom stereocenters. The fourth-order valence-electron chi connectivity index (χ4n) is 2.96. The third-order valence-corrected chi connectivity index (χ3v) is 5.02. The van der Waals surface area contributed by atoms with Crippen LogP contribution in [0.1, 0.15) is 54.4 Å². The van der Waals surface area contributed by atoms with Crippen LogP contribution in [0.5, 0.6) is 0 Å². The highest BCUT2D eigenvalue weighted by atomic mass is 15.5. The van der Waals surface area contributed by atoms with Gasteiger partial charge in [0.2, 0.25) is 0 Å². The van der Waals surface area contributed by atoms with Crippen LogP contribution in [0.4, 0.5) is 0 Å². The molecular weight excluding hydrogens is 170 g/mol. The van der Waals surface area contributed by atoms with E-state index < -0.39 is 0 Å². The maximum absolute atomic E-state index is 2.46. The normalized spacial score (nSPS) is 34.3. The molecule has 1 rings (SSSR count). The molecule has 0 saturated carbocycles. The van der Waals surface area contributed by atoms with Gasteiger partial charge in [-0.25, -0.2) is 0 Å². The highest BCUT2D eigenvalue weighted by Crippen LogP contribution is 2.44. The van der Waals surface area contributed by atoms with Gasteiger partial charge in [0.1, 0.15) is 12.6 Å². The van der Waals surface area contributed by atoms with E-state index in [1.54, 1.807) is 0 Å². The highest BCUT2D eigenvalue weighted by Gasteiger charge is 2.58. The van der Waals surface area contributed by atoms with Crippen molar-refractivity contribution in [1.29, 1.82) is 0 Å². The molecule has 0 amide bonds. The van der Waals surface area contributed by atoms with Crippen LogP contribution in [0.3, 0.4) is 0 Å². The van der Waals surface area contributed by atoms with Crippen LogP contribution in [0.25, 0.3) is 0 Å². The Balaban J connectivity index is 2.73. The van der Waals surface area contributed by atoms with Crippen molar-refractivity contribution < 1.29 is 4.48 Å². The minimum atomic E-state index is 0.500. The van der Waals surface area contributed by atoms with Gasteiger partial charge in [-0.1, -0.05) is 27.7 Å². The molecule has 1 aliphatic heterocycles. The van der Waals surface area contributed by atoms with Crippen LogP contribution in [-0.2, 0) is 0 Å². The van der Waals surface area contributed by atoms with Crippen LogP contribution in [-0.4, -0.2) is 29.7 Å². The Kier molecular flexibility index (Phi) is 3.30. The number of rotatable bonds is 5. The molecule has 1 nitrogen and oxygen atoms in total. The van der Waals surface area contributed by atoms with E-state index in [4.69, 9.17) is 0 Å². The van der Waals surface area contributed by atoms with Crippen LogP contribution in [0.15, 0.2) is 0 Å². The largest absolute Gasteiger partial charge is 0.309 e. The molecule has 0 aromatic heterocycles. The van der Waals surface area contributed by atoms with Gasteiger partial charge >= 0.3 is 0 Å². The van der Waals surface area contributed by atoms with E-state index in [2.05, 4.69) is 41.5 Å². The molecule has 3 atom stereocenters. The Morgan fingerprint density at radius 1 is 1.29 bits per heavy atom. The molecule has 1 heterocycles. The Hall–Kier alpha value is -0.0400. The molecule has 0 bridgehead atoms. The fourth-order valence-corrected chi connectivity index (χ4v) is 2.96. The first kappa shape index (κ1) is 12.0. The topological polar surface area (TPSA) is 0 Å². The van der Waals surface area contributed by atoms with Gasteiger partial charge in [-0.2, -0.15) is 0 Å². The monoisotopic (exact) mass is 198 g/mol. The molecule has 84 valence electrons. The lowest BCUT2D eigenvalue weighted by Crippen LogP contribution is -2.47. The van der Waals surface area contributed by atoms with E-state index in [1.165, 1.54) is 30.4 Å². The van der Waals surface area contributed by atoms with E-state index in [1.807, 2.05) is 0 Å². The summed E-state index contributed by atoms with van der Waals surface area (Å²) < 4.78 is 1.39. The Morgan fingerprint density at radius 3 is 2.14 bits per heavy atom. The van der Waals surface area contributed by atoms with Crippen LogP contribution < -0.4 is 0 Å². The van der Waals surface area contributed by atoms with E-state index >= 15 is 0 Å². The van der Waals surface area contributed by atoms with Crippen molar-refractivity contribution >= 4 is 0 Å². The number of likely N-dealkylation sites (N-methyl/N-ethyl adjacent to an activating group) is 1. The zero-order chi connectivity index (χ0) is 11.0. The van der Waals surface area contributed by atoms with E-state index in [0.29, 0.717) is 5.41 Å². The van der Waals surface area contributed by atoms with Gasteiger partial charge in [-0.15, -0.1) is 0 Å². The first-order valence-corrected chi connectivity index (χ1v) is 6.31. The van der Waals surface area contributed by atoms with Gasteiger partial charge in [0.15, 0.2) is 0 Å². The fraction of sp³-hybridized carbons (Fsp3) is 1.00. The van der Waals surface area contributed by atoms with E-state index in [0.717, 1.165) is 12.1 Å². The molecule has 0 aromatic carbocycles. The van der Waals surface area contributed by atoms with Crippen LogP contribution >= 0.6 is 0 Å². The summed E-state index contributed by atoms with van der Waals surface area (Å²) in [6.07, 6.45) is 2.66. The van der Waals surface area contributed by atoms with Gasteiger partial charge < -0.3 is 4.48 Å². The minimum absolute atomic E-state index is 0.500. The van der Waals surface area contributed by atoms with Crippen molar-refractivity contribution in [3.8, 4) is 0 Å². The van der Waals surface area contributed by atoms with Crippen molar-refractivity contribution in [2.75, 3.05) is 13.1 Å². The van der Waals surface area contributed by atoms with Gasteiger partial charge in [-0.3, -0.25) is 0 Å². The van der Waals surface area contributed by atoms with Crippen molar-refractivity contribution in [3.63, 3.8) is 0 Å². The lowest BCUT2D eigenvalue weighted by Gasteiger charge is -2.38. The molecule has 1 saturated heterocycles. The predicted octanol–water partition coefficient (Wildman–Crippen LogP) is 3.44. The van der Waals surface area contributed by atoms with Crippen molar-refractivity contribution in [3.05, 3.63) is 0 Å². The molecule has 0 aromatic rings. The van der Waals surface area contributed by atoms with Crippen LogP contribution in [0, 0.1) is 5.41 Å². The average molecular weight is 198 g/mol. The molecule has 0 radical (unpaired) electrons. The summed E-state index contributed by atoms with van der Waals surface area (Å²) in [4.78, 5) is 0. The molecule has 0 N–H and O–H groups in total. The quantitative estimate of drug-likeness (QED) is 0.469. The third kappa shape index (κ3) is 1.71. The second kappa shape index (κ2) is 3.84. The van der Waals surface area contributed by atoms with Gasteiger partial charge in [0.25, 0.3) is 0 Å².